The number of nitrogen functional groups attached to an aromatic ring is 1. The van der Waals surface area contributed by atoms with E-state index in [4.69, 9.17) is 5.73 Å². The van der Waals surface area contributed by atoms with E-state index in [2.05, 4.69) is 21.1 Å². The quantitative estimate of drug-likeness (QED) is 0.0346. The monoisotopic (exact) mass is 873 g/mol. The number of hydrazone groups is 2. The molecule has 0 aromatic heterocycles. The first-order valence-corrected chi connectivity index (χ1v) is 16.8. The number of rotatable bonds is 7. The molecule has 2 radical (unpaired) electrons. The number of carbonyl (C=O) groups is 2. The van der Waals surface area contributed by atoms with Crippen molar-refractivity contribution in [2.45, 2.75) is 4.90 Å². The Balaban J connectivity index is 0.00000243. The zero-order valence-corrected chi connectivity index (χ0v) is 34.8. The second kappa shape index (κ2) is 18.0. The van der Waals surface area contributed by atoms with E-state index in [0.717, 1.165) is 24.3 Å². The van der Waals surface area contributed by atoms with Crippen LogP contribution in [0.1, 0.15) is 27.0 Å². The van der Waals surface area contributed by atoms with E-state index in [1.54, 1.807) is 36.4 Å². The zero-order valence-electron chi connectivity index (χ0n) is 27.3. The van der Waals surface area contributed by atoms with Crippen LogP contribution in [0, 0.1) is 0 Å². The van der Waals surface area contributed by atoms with Gasteiger partial charge in [0.05, 0.1) is 16.3 Å². The number of nitrogens with zero attached hydrogens (tertiary/aromatic N) is 2. The molecule has 0 fully saturated rings. The summed E-state index contributed by atoms with van der Waals surface area (Å²) in [5, 5.41) is 29.4. The maximum absolute atomic E-state index is 13.0. The van der Waals surface area contributed by atoms with Gasteiger partial charge in [0.2, 0.25) is 11.6 Å². The van der Waals surface area contributed by atoms with Crippen LogP contribution in [0.4, 0.5) is 17.1 Å². The summed E-state index contributed by atoms with van der Waals surface area (Å²) in [6, 6.07) is 16.6. The van der Waals surface area contributed by atoms with Crippen LogP contribution in [-0.2, 0) is 59.2 Å². The average molecular weight is 875 g/mol. The Labute approximate surface area is 367 Å². The van der Waals surface area contributed by atoms with Gasteiger partial charge in [0.25, 0.3) is 20.2 Å². The number of allylic oxidation sites excluding steroid dienone is 2. The molecule has 53 heavy (non-hydrogen) atoms. The van der Waals surface area contributed by atoms with E-state index in [-0.39, 0.29) is 139 Å². The molecule has 0 bridgehead atoms. The van der Waals surface area contributed by atoms with Crippen molar-refractivity contribution in [3.8, 4) is 22.6 Å². The molecule has 8 N–H and O–H groups in total. The molecule has 2 aliphatic carbocycles. The number of phenols is 2. The van der Waals surface area contributed by atoms with Crippen molar-refractivity contribution < 1.29 is 139 Å². The molecule has 4 aromatic rings. The molecule has 21 heteroatoms. The number of carbonyl (C=O) groups excluding carboxylic acids is 2. The predicted molar refractivity (Wildman–Crippen MR) is 181 cm³/mol. The van der Waals surface area contributed by atoms with Gasteiger partial charge in [-0.15, -0.1) is 0 Å². The average Bonchev–Trinajstić information content (AvgIpc) is 3.03. The van der Waals surface area contributed by atoms with Gasteiger partial charge in [-0.2, -0.15) is 27.0 Å². The standard InChI is InChI=1S/C32H23N5O10S2.2Cu.2Na/c33-20-4-6-23-18(11-20)3-10-26(31(23)40)36-34-24-8-1-16(13-27(24)38)17-2-9-25(28(39)14-17)35-37-30-22-7-5-21(48(42,43)44)12-19(22)15-29(32(30)41)49(45,46)47;;;;/h1-15,34-35,38-39H,33H2,(H,42,43,44)(H,45,46,47);;;;/q;;;2*+1/b36-26+,37-30+;;;;. The molecule has 0 atom stereocenters. The fourth-order valence-corrected chi connectivity index (χ4v) is 6.15. The first-order valence-electron chi connectivity index (χ1n) is 13.9. The Morgan fingerprint density at radius 1 is 0.623 bits per heavy atom. The van der Waals surface area contributed by atoms with Crippen molar-refractivity contribution in [1.29, 1.82) is 0 Å². The van der Waals surface area contributed by atoms with E-state index < -0.39 is 41.5 Å². The number of ketones is 2. The maximum atomic E-state index is 13.0. The molecule has 270 valence electrons. The molecular weight excluding hydrogens is 852 g/mol. The summed E-state index contributed by atoms with van der Waals surface area (Å²) < 4.78 is 65.9. The van der Waals surface area contributed by atoms with E-state index in [1.807, 2.05) is 0 Å². The molecule has 0 spiro atoms. The predicted octanol–water partition coefficient (Wildman–Crippen LogP) is -2.10. The molecule has 6 rings (SSSR count). The minimum atomic E-state index is -5.07. The van der Waals surface area contributed by atoms with Gasteiger partial charge in [0.1, 0.15) is 27.8 Å². The number of hydrogen-bond donors (Lipinski definition) is 7. The van der Waals surface area contributed by atoms with E-state index in [9.17, 15) is 45.7 Å². The fraction of sp³-hybridized carbons (Fsp3) is 0. The van der Waals surface area contributed by atoms with Crippen LogP contribution in [0.5, 0.6) is 11.5 Å². The molecule has 4 aromatic carbocycles. The number of hydrogen-bond acceptors (Lipinski definition) is 13. The topological polar surface area (TPSA) is 258 Å². The van der Waals surface area contributed by atoms with Crippen molar-refractivity contribution in [2.75, 3.05) is 16.6 Å². The minimum absolute atomic E-state index is 0. The van der Waals surface area contributed by atoms with Crippen LogP contribution < -0.4 is 75.7 Å². The molecule has 0 saturated heterocycles. The second-order valence-corrected chi connectivity index (χ2v) is 13.5. The summed E-state index contributed by atoms with van der Waals surface area (Å²) in [5.41, 5.74) is 13.0. The Kier molecular flexibility index (Phi) is 15.7. The summed E-state index contributed by atoms with van der Waals surface area (Å²) in [5.74, 6) is -2.12. The van der Waals surface area contributed by atoms with Gasteiger partial charge in [0.15, 0.2) is 0 Å². The Hall–Kier alpha value is -3.10. The number of nitrogens with two attached hydrogens (primary N) is 1. The number of benzene rings is 4. The van der Waals surface area contributed by atoms with Crippen molar-refractivity contribution in [1.82, 2.24) is 0 Å². The van der Waals surface area contributed by atoms with Crippen molar-refractivity contribution >= 4 is 72.4 Å². The summed E-state index contributed by atoms with van der Waals surface area (Å²) in [7, 11) is -9.76. The largest absolute Gasteiger partial charge is 1.00 e. The van der Waals surface area contributed by atoms with Gasteiger partial charge >= 0.3 is 59.1 Å². The van der Waals surface area contributed by atoms with Crippen LogP contribution in [0.25, 0.3) is 23.3 Å². The summed E-state index contributed by atoms with van der Waals surface area (Å²) >= 11 is 0. The Bertz CT molecular complexity index is 2490. The molecule has 0 heterocycles. The van der Waals surface area contributed by atoms with Gasteiger partial charge in [-0.05, 0) is 89.0 Å². The van der Waals surface area contributed by atoms with Crippen molar-refractivity contribution in [3.05, 3.63) is 106 Å². The van der Waals surface area contributed by atoms with Gasteiger partial charge < -0.3 is 15.9 Å². The molecule has 0 amide bonds. The molecule has 0 aliphatic heterocycles. The van der Waals surface area contributed by atoms with Gasteiger partial charge in [-0.1, -0.05) is 24.3 Å². The molecule has 2 aliphatic rings. The normalized spacial score (nSPS) is 14.7. The van der Waals surface area contributed by atoms with E-state index in [1.165, 1.54) is 30.3 Å². The number of nitrogens with one attached hydrogen (secondary N) is 2. The van der Waals surface area contributed by atoms with Crippen molar-refractivity contribution in [3.63, 3.8) is 0 Å². The van der Waals surface area contributed by atoms with Gasteiger partial charge in [-0.3, -0.25) is 29.5 Å². The minimum Gasteiger partial charge on any atom is -0.506 e. The third-order valence-electron chi connectivity index (χ3n) is 7.47. The SMILES string of the molecule is Nc1ccc2c(c1)C=C/C(=N\Nc1ccc(-c3ccc(N/N=C4/C(=O)C(S(=O)(=O)O)=Cc5cc(S(=O)(=O)O)ccc54)c(O)c3)cc1O)C2=O.[Cu].[Cu].[Na+].[Na+]. The van der Waals surface area contributed by atoms with Gasteiger partial charge in [-0.25, -0.2) is 0 Å². The first-order chi connectivity index (χ1) is 23.1. The second-order valence-electron chi connectivity index (χ2n) is 10.7. The van der Waals surface area contributed by atoms with Crippen LogP contribution in [0.3, 0.4) is 0 Å². The van der Waals surface area contributed by atoms with Crippen LogP contribution in [0.2, 0.25) is 0 Å². The van der Waals surface area contributed by atoms with Gasteiger partial charge in [0, 0.05) is 51.0 Å². The van der Waals surface area contributed by atoms with E-state index >= 15 is 0 Å². The number of fused-ring (bicyclic) bond motifs is 2. The summed E-state index contributed by atoms with van der Waals surface area (Å²) in [6.07, 6.45) is 3.98. The van der Waals surface area contributed by atoms with Crippen LogP contribution >= 0.6 is 0 Å². The Morgan fingerprint density at radius 2 is 1.19 bits per heavy atom. The number of Topliss-reactive ketones (excluding diaryl/α,β-unsaturated/α-hetero) is 2. The summed E-state index contributed by atoms with van der Waals surface area (Å²) in [6.45, 7) is 0. The number of phenolic OH excluding ortho intramolecular Hbond substituents is 2. The zero-order chi connectivity index (χ0) is 35.2. The third kappa shape index (κ3) is 9.96. The molecule has 0 unspecified atom stereocenters. The first kappa shape index (κ1) is 46.1. The van der Waals surface area contributed by atoms with Crippen molar-refractivity contribution in [2.24, 2.45) is 10.2 Å². The van der Waals surface area contributed by atoms with Crippen LogP contribution in [0.15, 0.2) is 98.9 Å². The Morgan fingerprint density at radius 3 is 1.74 bits per heavy atom. The van der Waals surface area contributed by atoms with E-state index in [0.29, 0.717) is 27.9 Å². The maximum Gasteiger partial charge on any atom is 1.00 e. The smallest absolute Gasteiger partial charge is 0.506 e. The van der Waals surface area contributed by atoms with Crippen LogP contribution in [-0.4, -0.2) is 59.1 Å². The molecule has 0 saturated carbocycles. The summed E-state index contributed by atoms with van der Waals surface area (Å²) in [4.78, 5) is 24.1. The fourth-order valence-electron chi connectivity index (χ4n) is 5.03. The third-order valence-corrected chi connectivity index (χ3v) is 9.18. The molecule has 15 nitrogen and oxygen atoms in total. The number of aromatic hydroxyl groups is 2. The molecular formula is C32H23Cu2N5Na2O10S2+2. The number of anilines is 3.